The number of Topliss-reactive ketones (excluding diaryl/α,β-unsaturated/α-hetero) is 1. The van der Waals surface area contributed by atoms with Gasteiger partial charge in [-0.05, 0) is 57.1 Å². The van der Waals surface area contributed by atoms with Crippen LogP contribution in [-0.2, 0) is 24.0 Å². The molecule has 1 aliphatic carbocycles. The Kier molecular flexibility index (Phi) is 5.19. The molecule has 0 aromatic carbocycles. The van der Waals surface area contributed by atoms with Gasteiger partial charge in [-0.2, -0.15) is 0 Å². The van der Waals surface area contributed by atoms with Gasteiger partial charge < -0.3 is 9.47 Å². The minimum Gasteiger partial charge on any atom is -0.450 e. The summed E-state index contributed by atoms with van der Waals surface area (Å²) in [5.41, 5.74) is 1.30. The van der Waals surface area contributed by atoms with Crippen molar-refractivity contribution in [2.75, 3.05) is 0 Å². The maximum absolute atomic E-state index is 12.8. The zero-order valence-corrected chi connectivity index (χ0v) is 15.3. The van der Waals surface area contributed by atoms with Crippen molar-refractivity contribution in [3.8, 4) is 0 Å². The largest absolute Gasteiger partial charge is 0.450 e. The van der Waals surface area contributed by atoms with Gasteiger partial charge in [0.05, 0.1) is 11.7 Å². The quantitative estimate of drug-likeness (QED) is 0.193. The van der Waals surface area contributed by atoms with Crippen LogP contribution in [0.1, 0.15) is 46.0 Å². The summed E-state index contributed by atoms with van der Waals surface area (Å²) >= 11 is 0. The van der Waals surface area contributed by atoms with E-state index < -0.39 is 18.2 Å². The van der Waals surface area contributed by atoms with Gasteiger partial charge in [0, 0.05) is 11.5 Å². The second-order valence-corrected chi connectivity index (χ2v) is 7.69. The number of carbonyl (C=O) groups excluding carboxylic acids is 2. The van der Waals surface area contributed by atoms with E-state index in [0.717, 1.165) is 5.57 Å². The van der Waals surface area contributed by atoms with Gasteiger partial charge in [0.25, 0.3) is 0 Å². The van der Waals surface area contributed by atoms with Crippen LogP contribution in [0.2, 0.25) is 0 Å². The Balaban J connectivity index is 1.86. The standard InChI is InChI=1S/C20H26O6/c1-11-6-5-7-12(2)17(21)18-14(13(3)19(22)24-18)10-16-20(4,25-16)9-8-15(11)26-23/h7,14-16,18,23H,1,3,5-6,8-10H2,2,4H3. The van der Waals surface area contributed by atoms with Crippen LogP contribution in [0, 0.1) is 5.92 Å². The number of fused-ring (bicyclic) bond motifs is 2. The molecular weight excluding hydrogens is 336 g/mol. The van der Waals surface area contributed by atoms with E-state index in [-0.39, 0.29) is 23.4 Å². The highest BCUT2D eigenvalue weighted by Gasteiger charge is 2.55. The highest BCUT2D eigenvalue weighted by molar-refractivity contribution is 6.04. The van der Waals surface area contributed by atoms with Crippen molar-refractivity contribution in [3.05, 3.63) is 36.0 Å². The molecule has 0 amide bonds. The van der Waals surface area contributed by atoms with Crippen molar-refractivity contribution in [1.29, 1.82) is 0 Å². The Labute approximate surface area is 153 Å². The summed E-state index contributed by atoms with van der Waals surface area (Å²) in [6.07, 6.45) is 3.43. The molecule has 3 aliphatic rings. The van der Waals surface area contributed by atoms with E-state index in [2.05, 4.69) is 18.0 Å². The first-order chi connectivity index (χ1) is 12.3. The zero-order chi connectivity index (χ0) is 19.1. The maximum atomic E-state index is 12.8. The number of rotatable bonds is 1. The second-order valence-electron chi connectivity index (χ2n) is 7.69. The third kappa shape index (κ3) is 3.54. The molecule has 0 spiro atoms. The van der Waals surface area contributed by atoms with E-state index in [1.54, 1.807) is 6.92 Å². The van der Waals surface area contributed by atoms with E-state index >= 15 is 0 Å². The number of hydrogen-bond donors (Lipinski definition) is 1. The third-order valence-electron chi connectivity index (χ3n) is 5.86. The monoisotopic (exact) mass is 362 g/mol. The lowest BCUT2D eigenvalue weighted by Crippen LogP contribution is -2.30. The van der Waals surface area contributed by atoms with E-state index in [4.69, 9.17) is 9.47 Å². The SMILES string of the molecule is C=C1CCC=C(C)C(=O)C2OC(=O)C(=C)C2CC2OC2(C)CCC1OO. The number of ether oxygens (including phenoxy) is 2. The number of epoxide rings is 1. The highest BCUT2D eigenvalue weighted by Crippen LogP contribution is 2.47. The van der Waals surface area contributed by atoms with Crippen molar-refractivity contribution in [2.24, 2.45) is 5.92 Å². The molecule has 3 rings (SSSR count). The van der Waals surface area contributed by atoms with Crippen molar-refractivity contribution >= 4 is 11.8 Å². The summed E-state index contributed by atoms with van der Waals surface area (Å²) in [6, 6.07) is 0. The van der Waals surface area contributed by atoms with Gasteiger partial charge in [-0.25, -0.2) is 9.68 Å². The van der Waals surface area contributed by atoms with Gasteiger partial charge in [0.15, 0.2) is 11.9 Å². The predicted molar refractivity (Wildman–Crippen MR) is 94.3 cm³/mol. The number of hydrogen-bond acceptors (Lipinski definition) is 6. The van der Waals surface area contributed by atoms with E-state index in [1.165, 1.54) is 0 Å². The average Bonchev–Trinajstić information content (AvgIpc) is 3.16. The smallest absolute Gasteiger partial charge is 0.334 e. The number of allylic oxidation sites excluding steroid dienone is 1. The van der Waals surface area contributed by atoms with Crippen LogP contribution < -0.4 is 0 Å². The Morgan fingerprint density at radius 1 is 1.35 bits per heavy atom. The fourth-order valence-electron chi connectivity index (χ4n) is 3.86. The van der Waals surface area contributed by atoms with Crippen LogP contribution >= 0.6 is 0 Å². The van der Waals surface area contributed by atoms with Crippen LogP contribution in [0.4, 0.5) is 0 Å². The molecule has 2 aliphatic heterocycles. The molecule has 0 aromatic rings. The minimum absolute atomic E-state index is 0.0890. The first kappa shape index (κ1) is 19.0. The summed E-state index contributed by atoms with van der Waals surface area (Å²) in [5, 5.41) is 9.19. The number of esters is 1. The maximum Gasteiger partial charge on any atom is 0.334 e. The lowest BCUT2D eigenvalue weighted by atomic mass is 9.84. The summed E-state index contributed by atoms with van der Waals surface area (Å²) in [4.78, 5) is 29.3. The van der Waals surface area contributed by atoms with E-state index in [9.17, 15) is 14.8 Å². The molecule has 2 fully saturated rings. The van der Waals surface area contributed by atoms with Crippen LogP contribution in [0.5, 0.6) is 0 Å². The highest BCUT2D eigenvalue weighted by atomic mass is 17.1. The molecule has 2 saturated heterocycles. The first-order valence-corrected chi connectivity index (χ1v) is 9.03. The Bertz CT molecular complexity index is 678. The molecular formula is C20H26O6. The van der Waals surface area contributed by atoms with Crippen LogP contribution in [-0.4, -0.2) is 40.9 Å². The summed E-state index contributed by atoms with van der Waals surface area (Å²) in [7, 11) is 0. The Morgan fingerprint density at radius 3 is 2.77 bits per heavy atom. The Morgan fingerprint density at radius 2 is 2.08 bits per heavy atom. The number of ketones is 1. The van der Waals surface area contributed by atoms with Gasteiger partial charge in [-0.3, -0.25) is 10.1 Å². The van der Waals surface area contributed by atoms with Crippen LogP contribution in [0.3, 0.4) is 0 Å². The van der Waals surface area contributed by atoms with Gasteiger partial charge in [0.2, 0.25) is 0 Å². The zero-order valence-electron chi connectivity index (χ0n) is 15.3. The normalized spacial score (nSPS) is 38.8. The molecule has 6 heteroatoms. The predicted octanol–water partition coefficient (Wildman–Crippen LogP) is 3.14. The summed E-state index contributed by atoms with van der Waals surface area (Å²) in [5.74, 6) is -1.06. The fraction of sp³-hybridized carbons (Fsp3) is 0.600. The molecule has 1 N–H and O–H groups in total. The lowest BCUT2D eigenvalue weighted by molar-refractivity contribution is -0.270. The molecule has 142 valence electrons. The van der Waals surface area contributed by atoms with E-state index in [1.807, 2.05) is 13.0 Å². The van der Waals surface area contributed by atoms with Gasteiger partial charge in [0.1, 0.15) is 6.10 Å². The molecule has 5 atom stereocenters. The Hall–Kier alpha value is -1.76. The number of carbonyl (C=O) groups is 2. The summed E-state index contributed by atoms with van der Waals surface area (Å²) in [6.45, 7) is 11.5. The first-order valence-electron chi connectivity index (χ1n) is 9.03. The molecule has 0 radical (unpaired) electrons. The van der Waals surface area contributed by atoms with Gasteiger partial charge in [-0.15, -0.1) is 0 Å². The fourth-order valence-corrected chi connectivity index (χ4v) is 3.86. The van der Waals surface area contributed by atoms with Crippen molar-refractivity contribution in [1.82, 2.24) is 0 Å². The molecule has 0 saturated carbocycles. The third-order valence-corrected chi connectivity index (χ3v) is 5.86. The summed E-state index contributed by atoms with van der Waals surface area (Å²) < 4.78 is 11.2. The lowest BCUT2D eigenvalue weighted by Gasteiger charge is -2.20. The van der Waals surface area contributed by atoms with Crippen molar-refractivity contribution < 1.29 is 29.2 Å². The molecule has 0 bridgehead atoms. The molecule has 6 nitrogen and oxygen atoms in total. The minimum atomic E-state index is -0.820. The molecule has 26 heavy (non-hydrogen) atoms. The van der Waals surface area contributed by atoms with Gasteiger partial charge in [-0.1, -0.05) is 19.2 Å². The van der Waals surface area contributed by atoms with Crippen molar-refractivity contribution in [2.45, 2.75) is 69.9 Å². The molecule has 0 aromatic heterocycles. The van der Waals surface area contributed by atoms with Crippen molar-refractivity contribution in [3.63, 3.8) is 0 Å². The average molecular weight is 362 g/mol. The van der Waals surface area contributed by atoms with Gasteiger partial charge >= 0.3 is 5.97 Å². The molecule has 5 unspecified atom stereocenters. The molecule has 2 heterocycles. The van der Waals surface area contributed by atoms with E-state index in [0.29, 0.717) is 43.3 Å². The topological polar surface area (TPSA) is 85.4 Å². The second kappa shape index (κ2) is 7.10. The van der Waals surface area contributed by atoms with Crippen LogP contribution in [0.15, 0.2) is 36.0 Å². The van der Waals surface area contributed by atoms with Crippen LogP contribution in [0.25, 0.3) is 0 Å².